The quantitative estimate of drug-likeness (QED) is 0.880. The molecule has 0 spiro atoms. The van der Waals surface area contributed by atoms with Crippen LogP contribution in [0, 0.1) is 0 Å². The maximum atomic E-state index is 4.86. The summed E-state index contributed by atoms with van der Waals surface area (Å²) in [6, 6.07) is 3.36. The Morgan fingerprint density at radius 3 is 2.38 bits per heavy atom. The van der Waals surface area contributed by atoms with E-state index in [4.69, 9.17) is 4.98 Å². The minimum absolute atomic E-state index is 0.523. The second-order valence-corrected chi connectivity index (χ2v) is 8.40. The van der Waals surface area contributed by atoms with Crippen LogP contribution in [0.1, 0.15) is 70.6 Å². The Morgan fingerprint density at radius 2 is 1.58 bits per heavy atom. The molecule has 26 heavy (non-hydrogen) atoms. The Bertz CT molecular complexity index is 549. The highest BCUT2D eigenvalue weighted by Gasteiger charge is 2.28. The van der Waals surface area contributed by atoms with E-state index in [1.165, 1.54) is 83.7 Å². The van der Waals surface area contributed by atoms with Crippen molar-refractivity contribution in [1.82, 2.24) is 14.9 Å². The molecule has 5 nitrogen and oxygen atoms in total. The highest BCUT2D eigenvalue weighted by atomic mass is 15.2. The molecule has 5 heteroatoms. The smallest absolute Gasteiger partial charge is 0.224 e. The van der Waals surface area contributed by atoms with Gasteiger partial charge in [-0.3, -0.25) is 0 Å². The molecule has 1 N–H and O–H groups in total. The first kappa shape index (κ1) is 18.0. The number of rotatable bonds is 4. The molecule has 0 amide bonds. The Kier molecular flexibility index (Phi) is 6.26. The van der Waals surface area contributed by atoms with E-state index in [-0.39, 0.29) is 0 Å². The van der Waals surface area contributed by atoms with E-state index in [0.717, 1.165) is 30.9 Å². The summed E-state index contributed by atoms with van der Waals surface area (Å²) in [7, 11) is 0. The zero-order chi connectivity index (χ0) is 17.6. The lowest BCUT2D eigenvalue weighted by atomic mass is 9.89. The average Bonchev–Trinajstić information content (AvgIpc) is 2.99. The summed E-state index contributed by atoms with van der Waals surface area (Å²) in [5.74, 6) is 1.93. The molecule has 2 unspecified atom stereocenters. The van der Waals surface area contributed by atoms with Gasteiger partial charge in [0.2, 0.25) is 5.95 Å². The number of hydrogen-bond acceptors (Lipinski definition) is 5. The van der Waals surface area contributed by atoms with Crippen molar-refractivity contribution >= 4 is 11.8 Å². The van der Waals surface area contributed by atoms with Crippen LogP contribution in [-0.2, 0) is 0 Å². The van der Waals surface area contributed by atoms with Crippen molar-refractivity contribution in [3.63, 3.8) is 0 Å². The van der Waals surface area contributed by atoms with Crippen molar-refractivity contribution in [3.05, 3.63) is 12.3 Å². The van der Waals surface area contributed by atoms with E-state index in [1.54, 1.807) is 0 Å². The molecule has 2 saturated heterocycles. The standard InChI is InChI=1S/C21H35N5/c1-2-5-16-26(15-4-1)20-11-12-22-21(24-20)23-18-9-8-10-19(17-18)25-13-6-3-7-14-25/h11-12,18-19H,1-10,13-17H2,(H,22,23,24). The van der Waals surface area contributed by atoms with Gasteiger partial charge in [0.05, 0.1) is 0 Å². The molecule has 1 saturated carbocycles. The maximum Gasteiger partial charge on any atom is 0.224 e. The molecule has 0 radical (unpaired) electrons. The monoisotopic (exact) mass is 357 g/mol. The van der Waals surface area contributed by atoms with Crippen LogP contribution in [0.25, 0.3) is 0 Å². The van der Waals surface area contributed by atoms with Crippen LogP contribution in [0.2, 0.25) is 0 Å². The van der Waals surface area contributed by atoms with E-state index in [1.807, 2.05) is 6.20 Å². The summed E-state index contributed by atoms with van der Waals surface area (Å²) in [6.07, 6.45) is 16.6. The van der Waals surface area contributed by atoms with Gasteiger partial charge in [-0.25, -0.2) is 4.98 Å². The summed E-state index contributed by atoms with van der Waals surface area (Å²) < 4.78 is 0. The van der Waals surface area contributed by atoms with Crippen LogP contribution in [0.3, 0.4) is 0 Å². The first-order valence-corrected chi connectivity index (χ1v) is 11.0. The predicted molar refractivity (Wildman–Crippen MR) is 108 cm³/mol. The van der Waals surface area contributed by atoms with Gasteiger partial charge >= 0.3 is 0 Å². The molecular weight excluding hydrogens is 322 g/mol. The molecule has 0 aromatic carbocycles. The van der Waals surface area contributed by atoms with Gasteiger partial charge in [0.25, 0.3) is 0 Å². The summed E-state index contributed by atoms with van der Waals surface area (Å²) in [6.45, 7) is 4.88. The number of hydrogen-bond donors (Lipinski definition) is 1. The van der Waals surface area contributed by atoms with Gasteiger partial charge in [0.15, 0.2) is 0 Å². The average molecular weight is 358 g/mol. The van der Waals surface area contributed by atoms with Crippen molar-refractivity contribution in [3.8, 4) is 0 Å². The molecule has 1 aromatic rings. The fourth-order valence-electron chi connectivity index (χ4n) is 4.99. The molecule has 144 valence electrons. The van der Waals surface area contributed by atoms with Gasteiger partial charge < -0.3 is 15.1 Å². The van der Waals surface area contributed by atoms with Gasteiger partial charge in [0, 0.05) is 31.4 Å². The van der Waals surface area contributed by atoms with E-state index in [9.17, 15) is 0 Å². The second-order valence-electron chi connectivity index (χ2n) is 8.40. The molecule has 4 rings (SSSR count). The molecule has 3 heterocycles. The fourth-order valence-corrected chi connectivity index (χ4v) is 4.99. The summed E-state index contributed by atoms with van der Waals surface area (Å²) >= 11 is 0. The largest absolute Gasteiger partial charge is 0.356 e. The first-order chi connectivity index (χ1) is 12.9. The summed E-state index contributed by atoms with van der Waals surface area (Å²) in [5.41, 5.74) is 0. The van der Waals surface area contributed by atoms with Crippen LogP contribution in [0.4, 0.5) is 11.8 Å². The third kappa shape index (κ3) is 4.67. The minimum Gasteiger partial charge on any atom is -0.356 e. The maximum absolute atomic E-state index is 4.86. The molecule has 2 aliphatic heterocycles. The lowest BCUT2D eigenvalue weighted by Gasteiger charge is -2.39. The van der Waals surface area contributed by atoms with Crippen molar-refractivity contribution < 1.29 is 0 Å². The Balaban J connectivity index is 1.36. The zero-order valence-corrected chi connectivity index (χ0v) is 16.2. The van der Waals surface area contributed by atoms with Gasteiger partial charge in [0.1, 0.15) is 5.82 Å². The minimum atomic E-state index is 0.523. The van der Waals surface area contributed by atoms with Gasteiger partial charge in [-0.05, 0) is 70.5 Å². The van der Waals surface area contributed by atoms with Crippen LogP contribution in [0.5, 0.6) is 0 Å². The highest BCUT2D eigenvalue weighted by Crippen LogP contribution is 2.27. The molecule has 3 aliphatic rings. The molecule has 3 fully saturated rings. The number of nitrogens with one attached hydrogen (secondary N) is 1. The number of aromatic nitrogens is 2. The number of nitrogens with zero attached hydrogens (tertiary/aromatic N) is 4. The Hall–Kier alpha value is -1.36. The normalized spacial score (nSPS) is 28.5. The summed E-state index contributed by atoms with van der Waals surface area (Å²) in [5, 5.41) is 3.67. The molecule has 0 bridgehead atoms. The van der Waals surface area contributed by atoms with E-state index < -0.39 is 0 Å². The van der Waals surface area contributed by atoms with Crippen LogP contribution in [-0.4, -0.2) is 53.1 Å². The lowest BCUT2D eigenvalue weighted by Crippen LogP contribution is -2.44. The third-order valence-corrected chi connectivity index (χ3v) is 6.46. The first-order valence-electron chi connectivity index (χ1n) is 11.0. The zero-order valence-electron chi connectivity index (χ0n) is 16.2. The van der Waals surface area contributed by atoms with E-state index in [2.05, 4.69) is 26.2 Å². The SMILES string of the molecule is c1cc(N2CCCCCC2)nc(NC2CCCC(N3CCCCC3)C2)n1. The van der Waals surface area contributed by atoms with Crippen molar-refractivity contribution in [2.24, 2.45) is 0 Å². The van der Waals surface area contributed by atoms with Crippen LogP contribution in [0.15, 0.2) is 12.3 Å². The van der Waals surface area contributed by atoms with Crippen molar-refractivity contribution in [1.29, 1.82) is 0 Å². The van der Waals surface area contributed by atoms with Crippen LogP contribution < -0.4 is 10.2 Å². The van der Waals surface area contributed by atoms with Crippen LogP contribution >= 0.6 is 0 Å². The fraction of sp³-hybridized carbons (Fsp3) is 0.810. The third-order valence-electron chi connectivity index (χ3n) is 6.46. The molecule has 1 aromatic heterocycles. The highest BCUT2D eigenvalue weighted by molar-refractivity contribution is 5.43. The number of piperidine rings is 1. The van der Waals surface area contributed by atoms with Gasteiger partial charge in [-0.15, -0.1) is 0 Å². The lowest BCUT2D eigenvalue weighted by molar-refractivity contribution is 0.126. The Labute approximate surface area is 158 Å². The van der Waals surface area contributed by atoms with E-state index >= 15 is 0 Å². The van der Waals surface area contributed by atoms with E-state index in [0.29, 0.717) is 6.04 Å². The number of anilines is 2. The number of likely N-dealkylation sites (tertiary alicyclic amines) is 1. The van der Waals surface area contributed by atoms with Gasteiger partial charge in [-0.2, -0.15) is 4.98 Å². The topological polar surface area (TPSA) is 44.3 Å². The molecule has 2 atom stereocenters. The predicted octanol–water partition coefficient (Wildman–Crippen LogP) is 4.07. The van der Waals surface area contributed by atoms with Gasteiger partial charge in [-0.1, -0.05) is 19.3 Å². The molecular formula is C21H35N5. The second kappa shape index (κ2) is 9.03. The van der Waals surface area contributed by atoms with Crippen molar-refractivity contribution in [2.45, 2.75) is 82.7 Å². The summed E-state index contributed by atoms with van der Waals surface area (Å²) in [4.78, 5) is 14.6. The molecule has 1 aliphatic carbocycles. The van der Waals surface area contributed by atoms with Crippen molar-refractivity contribution in [2.75, 3.05) is 36.4 Å². The Morgan fingerprint density at radius 1 is 0.846 bits per heavy atom.